The van der Waals surface area contributed by atoms with Crippen molar-refractivity contribution in [3.63, 3.8) is 0 Å². The third-order valence-electron chi connectivity index (χ3n) is 3.86. The molecule has 8 nitrogen and oxygen atoms in total. The lowest BCUT2D eigenvalue weighted by Crippen LogP contribution is -2.43. The van der Waals surface area contributed by atoms with Crippen LogP contribution in [0, 0.1) is 0 Å². The predicted molar refractivity (Wildman–Crippen MR) is 75.0 cm³/mol. The van der Waals surface area contributed by atoms with Gasteiger partial charge in [-0.2, -0.15) is 5.10 Å². The Morgan fingerprint density at radius 3 is 2.90 bits per heavy atom. The van der Waals surface area contributed by atoms with Gasteiger partial charge in [-0.1, -0.05) is 5.16 Å². The van der Waals surface area contributed by atoms with E-state index in [9.17, 15) is 9.59 Å². The van der Waals surface area contributed by atoms with Gasteiger partial charge in [-0.3, -0.25) is 9.78 Å². The van der Waals surface area contributed by atoms with Gasteiger partial charge in [0.25, 0.3) is 5.91 Å². The molecule has 0 bridgehead atoms. The normalized spacial score (nSPS) is 24.6. The fraction of sp³-hybridized carbons (Fsp3) is 0.692. The van der Waals surface area contributed by atoms with Gasteiger partial charge in [0, 0.05) is 25.4 Å². The van der Waals surface area contributed by atoms with Crippen molar-refractivity contribution in [1.82, 2.24) is 20.1 Å². The van der Waals surface area contributed by atoms with Crippen molar-refractivity contribution in [2.24, 2.45) is 5.16 Å². The standard InChI is InChI=1S/C13H19N5O3/c1-13(2)6-9(17-21-13)11(19)18-5-3-4-8(7-18)10-14-12(20)16-15-10/h8H,3-7H2,1-2H3,(H2,14,15,16,20). The highest BCUT2D eigenvalue weighted by Gasteiger charge is 2.36. The SMILES string of the molecule is CC1(C)CC(C(=O)N2CCCC(c3n[nH]c(=O)[nH]3)C2)=NO1. The number of H-pyrrole nitrogens is 2. The first kappa shape index (κ1) is 13.8. The zero-order valence-corrected chi connectivity index (χ0v) is 12.2. The number of hydrogen-bond donors (Lipinski definition) is 2. The molecule has 1 saturated heterocycles. The number of aromatic amines is 2. The first-order valence-corrected chi connectivity index (χ1v) is 7.13. The Kier molecular flexibility index (Phi) is 3.30. The average molecular weight is 293 g/mol. The minimum Gasteiger partial charge on any atom is -0.389 e. The highest BCUT2D eigenvalue weighted by atomic mass is 16.7. The van der Waals surface area contributed by atoms with E-state index in [0.29, 0.717) is 31.0 Å². The van der Waals surface area contributed by atoms with Crippen LogP contribution in [0.15, 0.2) is 9.95 Å². The first-order chi connectivity index (χ1) is 9.94. The number of oxime groups is 1. The van der Waals surface area contributed by atoms with Gasteiger partial charge in [-0.15, -0.1) is 0 Å². The second-order valence-electron chi connectivity index (χ2n) is 6.22. The summed E-state index contributed by atoms with van der Waals surface area (Å²) in [6, 6.07) is 0. The molecule has 1 unspecified atom stereocenters. The smallest absolute Gasteiger partial charge is 0.340 e. The molecule has 1 amide bonds. The van der Waals surface area contributed by atoms with E-state index in [2.05, 4.69) is 20.3 Å². The molecule has 2 N–H and O–H groups in total. The number of hydrogen-bond acceptors (Lipinski definition) is 5. The van der Waals surface area contributed by atoms with Gasteiger partial charge in [-0.05, 0) is 26.7 Å². The Morgan fingerprint density at radius 2 is 2.29 bits per heavy atom. The molecular weight excluding hydrogens is 274 g/mol. The summed E-state index contributed by atoms with van der Waals surface area (Å²) in [6.45, 7) is 5.05. The Labute approximate surface area is 121 Å². The molecule has 1 atom stereocenters. The van der Waals surface area contributed by atoms with E-state index in [-0.39, 0.29) is 17.5 Å². The Hall–Kier alpha value is -2.12. The van der Waals surface area contributed by atoms with Gasteiger partial charge in [0.2, 0.25) is 0 Å². The molecule has 2 aliphatic rings. The number of piperidine rings is 1. The summed E-state index contributed by atoms with van der Waals surface area (Å²) in [5.74, 6) is 0.586. The third kappa shape index (κ3) is 2.84. The molecule has 3 rings (SSSR count). The molecule has 0 spiro atoms. The van der Waals surface area contributed by atoms with Crippen LogP contribution in [0.1, 0.15) is 44.9 Å². The van der Waals surface area contributed by atoms with E-state index in [0.717, 1.165) is 12.8 Å². The Balaban J connectivity index is 1.69. The van der Waals surface area contributed by atoms with E-state index in [1.807, 2.05) is 13.8 Å². The summed E-state index contributed by atoms with van der Waals surface area (Å²) in [5.41, 5.74) is -0.256. The second-order valence-corrected chi connectivity index (χ2v) is 6.22. The fourth-order valence-electron chi connectivity index (χ4n) is 2.80. The van der Waals surface area contributed by atoms with E-state index >= 15 is 0 Å². The van der Waals surface area contributed by atoms with Gasteiger partial charge < -0.3 is 9.74 Å². The van der Waals surface area contributed by atoms with Gasteiger partial charge >= 0.3 is 5.69 Å². The van der Waals surface area contributed by atoms with Crippen molar-refractivity contribution in [1.29, 1.82) is 0 Å². The maximum atomic E-state index is 12.5. The van der Waals surface area contributed by atoms with Crippen LogP contribution < -0.4 is 5.69 Å². The van der Waals surface area contributed by atoms with Crippen LogP contribution in [0.5, 0.6) is 0 Å². The molecule has 1 aromatic rings. The first-order valence-electron chi connectivity index (χ1n) is 7.13. The maximum absolute atomic E-state index is 12.5. The summed E-state index contributed by atoms with van der Waals surface area (Å²) in [4.78, 5) is 33.3. The molecule has 0 saturated carbocycles. The summed E-state index contributed by atoms with van der Waals surface area (Å²) in [6.07, 6.45) is 2.30. The number of carbonyl (C=O) groups excluding carboxylic acids is 1. The highest BCUT2D eigenvalue weighted by Crippen LogP contribution is 2.27. The number of nitrogens with zero attached hydrogens (tertiary/aromatic N) is 3. The number of aromatic nitrogens is 3. The largest absolute Gasteiger partial charge is 0.389 e. The molecule has 3 heterocycles. The predicted octanol–water partition coefficient (Wildman–Crippen LogP) is 0.359. The van der Waals surface area contributed by atoms with Crippen LogP contribution in [-0.4, -0.2) is 50.4 Å². The topological polar surface area (TPSA) is 103 Å². The molecular formula is C13H19N5O3. The van der Waals surface area contributed by atoms with Crippen LogP contribution in [0.25, 0.3) is 0 Å². The zero-order chi connectivity index (χ0) is 15.0. The van der Waals surface area contributed by atoms with Crippen LogP contribution in [-0.2, 0) is 9.63 Å². The van der Waals surface area contributed by atoms with E-state index in [1.165, 1.54) is 0 Å². The van der Waals surface area contributed by atoms with Gasteiger partial charge in [0.1, 0.15) is 17.1 Å². The second kappa shape index (κ2) is 5.01. The van der Waals surface area contributed by atoms with Crippen LogP contribution in [0.4, 0.5) is 0 Å². The van der Waals surface area contributed by atoms with Gasteiger partial charge in [-0.25, -0.2) is 9.89 Å². The summed E-state index contributed by atoms with van der Waals surface area (Å²) in [5, 5.41) is 10.2. The quantitative estimate of drug-likeness (QED) is 0.821. The van der Waals surface area contributed by atoms with Crippen molar-refractivity contribution < 1.29 is 9.63 Å². The van der Waals surface area contributed by atoms with Crippen molar-refractivity contribution >= 4 is 11.6 Å². The number of rotatable bonds is 2. The van der Waals surface area contributed by atoms with Crippen molar-refractivity contribution in [3.8, 4) is 0 Å². The zero-order valence-electron chi connectivity index (χ0n) is 12.2. The van der Waals surface area contributed by atoms with Crippen LogP contribution in [0.2, 0.25) is 0 Å². The van der Waals surface area contributed by atoms with Crippen molar-refractivity contribution in [2.45, 2.75) is 44.6 Å². The third-order valence-corrected chi connectivity index (χ3v) is 3.86. The number of nitrogens with one attached hydrogen (secondary N) is 2. The molecule has 2 aliphatic heterocycles. The minimum absolute atomic E-state index is 0.0533. The highest BCUT2D eigenvalue weighted by molar-refractivity contribution is 6.39. The molecule has 0 aromatic carbocycles. The van der Waals surface area contributed by atoms with Crippen molar-refractivity contribution in [3.05, 3.63) is 16.3 Å². The number of amides is 1. The molecule has 1 fully saturated rings. The van der Waals surface area contributed by atoms with Gasteiger partial charge in [0.05, 0.1) is 0 Å². The monoisotopic (exact) mass is 293 g/mol. The molecule has 0 aliphatic carbocycles. The lowest BCUT2D eigenvalue weighted by atomic mass is 9.96. The Morgan fingerprint density at radius 1 is 1.48 bits per heavy atom. The average Bonchev–Trinajstić information content (AvgIpc) is 3.04. The summed E-state index contributed by atoms with van der Waals surface area (Å²) < 4.78 is 0. The van der Waals surface area contributed by atoms with Gasteiger partial charge in [0.15, 0.2) is 0 Å². The fourth-order valence-corrected chi connectivity index (χ4v) is 2.80. The molecule has 1 aromatic heterocycles. The van der Waals surface area contributed by atoms with Crippen LogP contribution in [0.3, 0.4) is 0 Å². The van der Waals surface area contributed by atoms with Crippen molar-refractivity contribution in [2.75, 3.05) is 13.1 Å². The van der Waals surface area contributed by atoms with Crippen LogP contribution >= 0.6 is 0 Å². The van der Waals surface area contributed by atoms with E-state index in [1.54, 1.807) is 4.90 Å². The lowest BCUT2D eigenvalue weighted by Gasteiger charge is -2.31. The maximum Gasteiger partial charge on any atom is 0.340 e. The molecule has 8 heteroatoms. The molecule has 21 heavy (non-hydrogen) atoms. The number of carbonyl (C=O) groups is 1. The number of likely N-dealkylation sites (tertiary alicyclic amines) is 1. The minimum atomic E-state index is -0.409. The summed E-state index contributed by atoms with van der Waals surface area (Å²) >= 11 is 0. The molecule has 114 valence electrons. The molecule has 0 radical (unpaired) electrons. The van der Waals surface area contributed by atoms with E-state index < -0.39 is 5.60 Å². The summed E-state index contributed by atoms with van der Waals surface area (Å²) in [7, 11) is 0. The lowest BCUT2D eigenvalue weighted by molar-refractivity contribution is -0.125. The van der Waals surface area contributed by atoms with E-state index in [4.69, 9.17) is 4.84 Å². The Bertz CT molecular complexity index is 630.